The van der Waals surface area contributed by atoms with Crippen molar-refractivity contribution in [3.8, 4) is 17.4 Å². The van der Waals surface area contributed by atoms with E-state index in [0.29, 0.717) is 41.8 Å². The number of ether oxygens (including phenoxy) is 3. The van der Waals surface area contributed by atoms with E-state index in [-0.39, 0.29) is 12.0 Å². The van der Waals surface area contributed by atoms with Crippen LogP contribution in [0.5, 0.6) is 17.4 Å². The molecule has 3 heterocycles. The summed E-state index contributed by atoms with van der Waals surface area (Å²) in [5.41, 5.74) is 1.06. The third-order valence-corrected chi connectivity index (χ3v) is 5.11. The van der Waals surface area contributed by atoms with Crippen LogP contribution in [-0.4, -0.2) is 41.7 Å². The van der Waals surface area contributed by atoms with Crippen molar-refractivity contribution in [2.45, 2.75) is 12.5 Å². The Labute approximate surface area is 149 Å². The number of nitrogens with one attached hydrogen (secondary N) is 1. The highest BCUT2D eigenvalue weighted by molar-refractivity contribution is 7.99. The lowest BCUT2D eigenvalue weighted by Crippen LogP contribution is -2.20. The van der Waals surface area contributed by atoms with E-state index >= 15 is 0 Å². The Hall–Kier alpha value is -2.41. The maximum atomic E-state index is 12.7. The average Bonchev–Trinajstić information content (AvgIpc) is 3.15. The molecule has 1 fully saturated rings. The van der Waals surface area contributed by atoms with E-state index in [9.17, 15) is 4.79 Å². The molecule has 7 heteroatoms. The van der Waals surface area contributed by atoms with Crippen LogP contribution < -0.4 is 19.5 Å². The molecule has 2 aliphatic heterocycles. The molecule has 2 aromatic rings. The van der Waals surface area contributed by atoms with Gasteiger partial charge in [-0.25, -0.2) is 4.98 Å². The number of aromatic nitrogens is 1. The van der Waals surface area contributed by atoms with E-state index in [4.69, 9.17) is 14.2 Å². The number of amides is 1. The summed E-state index contributed by atoms with van der Waals surface area (Å²) in [6.45, 7) is 1.04. The van der Waals surface area contributed by atoms with E-state index in [1.807, 2.05) is 11.8 Å². The first-order valence-electron chi connectivity index (χ1n) is 8.20. The predicted molar refractivity (Wildman–Crippen MR) is 96.0 cm³/mol. The van der Waals surface area contributed by atoms with Crippen molar-refractivity contribution in [3.63, 3.8) is 0 Å². The zero-order valence-electron chi connectivity index (χ0n) is 13.6. The second-order valence-electron chi connectivity index (χ2n) is 5.77. The molecule has 1 unspecified atom stereocenters. The lowest BCUT2D eigenvalue weighted by atomic mass is 10.2. The van der Waals surface area contributed by atoms with Gasteiger partial charge in [-0.05, 0) is 36.4 Å². The second-order valence-corrected chi connectivity index (χ2v) is 6.92. The molecule has 130 valence electrons. The SMILES string of the molecule is O=C(Nc1ccc2c(c1)OCCO2)c1cccnc1OC1CCSC1. The van der Waals surface area contributed by atoms with E-state index in [2.05, 4.69) is 10.3 Å². The van der Waals surface area contributed by atoms with Crippen molar-refractivity contribution in [2.75, 3.05) is 30.0 Å². The maximum Gasteiger partial charge on any atom is 0.261 e. The predicted octanol–water partition coefficient (Wildman–Crippen LogP) is 2.99. The molecule has 0 aliphatic carbocycles. The quantitative estimate of drug-likeness (QED) is 0.906. The van der Waals surface area contributed by atoms with Crippen LogP contribution in [0.15, 0.2) is 36.5 Å². The minimum Gasteiger partial charge on any atom is -0.486 e. The Kier molecular flexibility index (Phi) is 4.65. The minimum absolute atomic E-state index is 0.112. The number of hydrogen-bond donors (Lipinski definition) is 1. The largest absolute Gasteiger partial charge is 0.486 e. The molecule has 1 aromatic carbocycles. The molecule has 4 rings (SSSR count). The van der Waals surface area contributed by atoms with Crippen molar-refractivity contribution >= 4 is 23.4 Å². The topological polar surface area (TPSA) is 69.7 Å². The Bertz CT molecular complexity index is 777. The Morgan fingerprint density at radius 3 is 2.96 bits per heavy atom. The minimum atomic E-state index is -0.259. The number of carbonyl (C=O) groups is 1. The van der Waals surface area contributed by atoms with Gasteiger partial charge in [-0.15, -0.1) is 0 Å². The van der Waals surface area contributed by atoms with Crippen molar-refractivity contribution < 1.29 is 19.0 Å². The van der Waals surface area contributed by atoms with Gasteiger partial charge >= 0.3 is 0 Å². The van der Waals surface area contributed by atoms with Gasteiger partial charge < -0.3 is 19.5 Å². The second kappa shape index (κ2) is 7.23. The van der Waals surface area contributed by atoms with Crippen LogP contribution in [0.1, 0.15) is 16.8 Å². The Balaban J connectivity index is 1.51. The molecule has 0 bridgehead atoms. The van der Waals surface area contributed by atoms with Crippen molar-refractivity contribution in [1.29, 1.82) is 0 Å². The molecule has 1 aromatic heterocycles. The van der Waals surface area contributed by atoms with Gasteiger partial charge in [0.25, 0.3) is 5.91 Å². The summed E-state index contributed by atoms with van der Waals surface area (Å²) in [7, 11) is 0. The van der Waals surface area contributed by atoms with Crippen LogP contribution in [0.25, 0.3) is 0 Å². The van der Waals surface area contributed by atoms with Crippen LogP contribution in [0, 0.1) is 0 Å². The van der Waals surface area contributed by atoms with Crippen LogP contribution in [0.2, 0.25) is 0 Å². The lowest BCUT2D eigenvalue weighted by Gasteiger charge is -2.19. The van der Waals surface area contributed by atoms with Gasteiger partial charge in [-0.3, -0.25) is 4.79 Å². The lowest BCUT2D eigenvalue weighted by molar-refractivity contribution is 0.101. The summed E-state index contributed by atoms with van der Waals surface area (Å²) in [5.74, 6) is 3.45. The molecule has 6 nitrogen and oxygen atoms in total. The van der Waals surface area contributed by atoms with E-state index in [0.717, 1.165) is 17.9 Å². The zero-order valence-corrected chi connectivity index (χ0v) is 14.4. The van der Waals surface area contributed by atoms with Gasteiger partial charge in [0, 0.05) is 23.7 Å². The van der Waals surface area contributed by atoms with E-state index in [1.165, 1.54) is 0 Å². The van der Waals surface area contributed by atoms with Gasteiger partial charge in [-0.2, -0.15) is 11.8 Å². The number of nitrogens with zero attached hydrogens (tertiary/aromatic N) is 1. The van der Waals surface area contributed by atoms with Crippen LogP contribution in [0.4, 0.5) is 5.69 Å². The fourth-order valence-electron chi connectivity index (χ4n) is 2.74. The smallest absolute Gasteiger partial charge is 0.261 e. The maximum absolute atomic E-state index is 12.7. The summed E-state index contributed by atoms with van der Waals surface area (Å²) in [5, 5.41) is 2.87. The molecule has 1 atom stereocenters. The molecule has 0 radical (unpaired) electrons. The molecule has 2 aliphatic rings. The normalized spacial score (nSPS) is 18.6. The van der Waals surface area contributed by atoms with Gasteiger partial charge in [0.2, 0.25) is 5.88 Å². The Morgan fingerprint density at radius 2 is 2.12 bits per heavy atom. The summed E-state index contributed by atoms with van der Waals surface area (Å²) in [6.07, 6.45) is 2.73. The summed E-state index contributed by atoms with van der Waals surface area (Å²) in [4.78, 5) is 16.9. The highest BCUT2D eigenvalue weighted by Gasteiger charge is 2.22. The van der Waals surface area contributed by atoms with Gasteiger partial charge in [0.15, 0.2) is 11.5 Å². The third kappa shape index (κ3) is 3.66. The number of anilines is 1. The summed E-state index contributed by atoms with van der Waals surface area (Å²) in [6, 6.07) is 8.79. The standard InChI is InChI=1S/C18H18N2O4S/c21-17(20-12-3-4-15-16(10-12)23-8-7-22-15)14-2-1-6-19-18(14)24-13-5-9-25-11-13/h1-4,6,10,13H,5,7-9,11H2,(H,20,21). The van der Waals surface area contributed by atoms with Gasteiger partial charge in [0.05, 0.1) is 0 Å². The number of pyridine rings is 1. The van der Waals surface area contributed by atoms with Crippen LogP contribution in [-0.2, 0) is 0 Å². The number of hydrogen-bond acceptors (Lipinski definition) is 6. The zero-order chi connectivity index (χ0) is 17.1. The number of benzene rings is 1. The molecule has 0 saturated carbocycles. The molecule has 1 N–H and O–H groups in total. The summed E-state index contributed by atoms with van der Waals surface area (Å²) < 4.78 is 17.0. The number of rotatable bonds is 4. The molecule has 1 amide bonds. The van der Waals surface area contributed by atoms with Crippen molar-refractivity contribution in [3.05, 3.63) is 42.1 Å². The first-order chi connectivity index (χ1) is 12.3. The number of thioether (sulfide) groups is 1. The van der Waals surface area contributed by atoms with Crippen molar-refractivity contribution in [1.82, 2.24) is 4.98 Å². The highest BCUT2D eigenvalue weighted by atomic mass is 32.2. The molecule has 25 heavy (non-hydrogen) atoms. The first-order valence-corrected chi connectivity index (χ1v) is 9.35. The van der Waals surface area contributed by atoms with Crippen LogP contribution >= 0.6 is 11.8 Å². The Morgan fingerprint density at radius 1 is 1.24 bits per heavy atom. The van der Waals surface area contributed by atoms with E-state index < -0.39 is 0 Å². The number of fused-ring (bicyclic) bond motifs is 1. The fraction of sp³-hybridized carbons (Fsp3) is 0.333. The van der Waals surface area contributed by atoms with Crippen molar-refractivity contribution in [2.24, 2.45) is 0 Å². The molecular weight excluding hydrogens is 340 g/mol. The molecular formula is C18H18N2O4S. The first kappa shape index (κ1) is 16.1. The third-order valence-electron chi connectivity index (χ3n) is 3.98. The number of carbonyl (C=O) groups excluding carboxylic acids is 1. The monoisotopic (exact) mass is 358 g/mol. The van der Waals surface area contributed by atoms with Gasteiger partial charge in [0.1, 0.15) is 24.9 Å². The summed E-state index contributed by atoms with van der Waals surface area (Å²) >= 11 is 1.85. The fourth-order valence-corrected chi connectivity index (χ4v) is 3.83. The average molecular weight is 358 g/mol. The van der Waals surface area contributed by atoms with Gasteiger partial charge in [-0.1, -0.05) is 0 Å². The molecule has 0 spiro atoms. The van der Waals surface area contributed by atoms with E-state index in [1.54, 1.807) is 36.5 Å². The molecule has 1 saturated heterocycles. The highest BCUT2D eigenvalue weighted by Crippen LogP contribution is 2.33. The van der Waals surface area contributed by atoms with Crippen LogP contribution in [0.3, 0.4) is 0 Å².